The Morgan fingerprint density at radius 2 is 2.32 bits per heavy atom. The van der Waals surface area contributed by atoms with Gasteiger partial charge in [-0.25, -0.2) is 4.98 Å². The number of thioether (sulfide) groups is 1. The lowest BCUT2D eigenvalue weighted by Crippen LogP contribution is -2.10. The molecule has 0 radical (unpaired) electrons. The van der Waals surface area contributed by atoms with Gasteiger partial charge in [-0.2, -0.15) is 0 Å². The Labute approximate surface area is 134 Å². The third-order valence-electron chi connectivity index (χ3n) is 2.75. The Bertz CT molecular complexity index is 792. The van der Waals surface area contributed by atoms with Crippen LogP contribution in [0.15, 0.2) is 34.1 Å². The van der Waals surface area contributed by atoms with Gasteiger partial charge in [0.1, 0.15) is 10.8 Å². The van der Waals surface area contributed by atoms with E-state index in [9.17, 15) is 4.79 Å². The first-order valence-electron chi connectivity index (χ1n) is 6.42. The van der Waals surface area contributed by atoms with Crippen molar-refractivity contribution in [2.45, 2.75) is 17.8 Å². The minimum absolute atomic E-state index is 0.253. The van der Waals surface area contributed by atoms with Crippen molar-refractivity contribution in [3.8, 4) is 0 Å². The zero-order valence-electron chi connectivity index (χ0n) is 11.9. The maximum Gasteiger partial charge on any atom is 0.293 e. The van der Waals surface area contributed by atoms with Crippen LogP contribution in [0.25, 0.3) is 0 Å². The molecule has 0 bridgehead atoms. The molecule has 3 heterocycles. The highest BCUT2D eigenvalue weighted by atomic mass is 32.2. The number of hydrogen-bond donors (Lipinski definition) is 1. The van der Waals surface area contributed by atoms with Crippen LogP contribution in [-0.2, 0) is 12.8 Å². The predicted octanol–water partition coefficient (Wildman–Crippen LogP) is 2.72. The number of aromatic nitrogens is 4. The summed E-state index contributed by atoms with van der Waals surface area (Å²) in [7, 11) is 1.93. The minimum Gasteiger partial charge on any atom is -0.455 e. The summed E-state index contributed by atoms with van der Waals surface area (Å²) in [6, 6.07) is 3.44. The Morgan fingerprint density at radius 3 is 3.00 bits per heavy atom. The number of carbonyl (C=O) groups is 1. The van der Waals surface area contributed by atoms with E-state index in [0.29, 0.717) is 16.6 Å². The zero-order chi connectivity index (χ0) is 15.5. The van der Waals surface area contributed by atoms with E-state index in [1.54, 1.807) is 30.1 Å². The van der Waals surface area contributed by atoms with Crippen LogP contribution < -0.4 is 5.32 Å². The van der Waals surface area contributed by atoms with E-state index < -0.39 is 0 Å². The topological polar surface area (TPSA) is 85.8 Å². The molecule has 9 heteroatoms. The van der Waals surface area contributed by atoms with E-state index in [0.717, 1.165) is 10.2 Å². The molecule has 0 fully saturated rings. The summed E-state index contributed by atoms with van der Waals surface area (Å²) in [6.45, 7) is 1.83. The standard InChI is InChI=1S/C13H13N5O2S2/c1-8-16-17-12(22-8)15-11(19)10-4-3-9(20-10)7-21-13-14-5-6-18(13)2/h3-6H,7H2,1-2H3,(H,15,17,19). The maximum absolute atomic E-state index is 12.0. The third-order valence-corrected chi connectivity index (χ3v) is 4.59. The third kappa shape index (κ3) is 3.37. The van der Waals surface area contributed by atoms with Crippen LogP contribution >= 0.6 is 23.1 Å². The highest BCUT2D eigenvalue weighted by Gasteiger charge is 2.14. The average molecular weight is 335 g/mol. The van der Waals surface area contributed by atoms with Crippen LogP contribution in [0.2, 0.25) is 0 Å². The molecule has 0 spiro atoms. The fourth-order valence-electron chi connectivity index (χ4n) is 1.71. The molecule has 1 amide bonds. The smallest absolute Gasteiger partial charge is 0.293 e. The van der Waals surface area contributed by atoms with E-state index >= 15 is 0 Å². The predicted molar refractivity (Wildman–Crippen MR) is 84.1 cm³/mol. The number of nitrogens with one attached hydrogen (secondary N) is 1. The number of amides is 1. The second-order valence-corrected chi connectivity index (χ2v) is 6.58. The highest BCUT2D eigenvalue weighted by Crippen LogP contribution is 2.22. The van der Waals surface area contributed by atoms with Gasteiger partial charge >= 0.3 is 0 Å². The Morgan fingerprint density at radius 1 is 1.45 bits per heavy atom. The van der Waals surface area contributed by atoms with Crippen molar-refractivity contribution in [1.82, 2.24) is 19.7 Å². The summed E-state index contributed by atoms with van der Waals surface area (Å²) in [6.07, 6.45) is 3.63. The van der Waals surface area contributed by atoms with Crippen molar-refractivity contribution in [2.75, 3.05) is 5.32 Å². The fourth-order valence-corrected chi connectivity index (χ4v) is 3.12. The molecule has 0 unspecified atom stereocenters. The molecule has 0 saturated carbocycles. The molecule has 3 rings (SSSR count). The first-order valence-corrected chi connectivity index (χ1v) is 8.22. The SMILES string of the molecule is Cc1nnc(NC(=O)c2ccc(CSc3nccn3C)o2)s1. The summed E-state index contributed by atoms with van der Waals surface area (Å²) < 4.78 is 7.48. The van der Waals surface area contributed by atoms with Gasteiger partial charge in [-0.05, 0) is 19.1 Å². The second-order valence-electron chi connectivity index (χ2n) is 4.46. The van der Waals surface area contributed by atoms with Gasteiger partial charge in [-0.1, -0.05) is 23.1 Å². The number of rotatable bonds is 5. The van der Waals surface area contributed by atoms with Gasteiger partial charge in [0.15, 0.2) is 10.9 Å². The number of aryl methyl sites for hydroxylation is 2. The van der Waals surface area contributed by atoms with E-state index in [-0.39, 0.29) is 11.7 Å². The molecule has 0 aromatic carbocycles. The first kappa shape index (κ1) is 14.8. The van der Waals surface area contributed by atoms with Gasteiger partial charge in [-0.15, -0.1) is 10.2 Å². The fraction of sp³-hybridized carbons (Fsp3) is 0.231. The van der Waals surface area contributed by atoms with Crippen molar-refractivity contribution in [1.29, 1.82) is 0 Å². The van der Waals surface area contributed by atoms with Gasteiger partial charge in [0.2, 0.25) is 5.13 Å². The second kappa shape index (κ2) is 6.32. The summed E-state index contributed by atoms with van der Waals surface area (Å²) >= 11 is 2.86. The number of furan rings is 1. The van der Waals surface area contributed by atoms with Crippen LogP contribution in [0, 0.1) is 6.92 Å². The lowest BCUT2D eigenvalue weighted by Gasteiger charge is -1.99. The molecule has 7 nitrogen and oxygen atoms in total. The normalized spacial score (nSPS) is 10.8. The molecule has 0 aliphatic carbocycles. The largest absolute Gasteiger partial charge is 0.455 e. The molecule has 0 saturated heterocycles. The number of imidazole rings is 1. The highest BCUT2D eigenvalue weighted by molar-refractivity contribution is 7.98. The van der Waals surface area contributed by atoms with Crippen molar-refractivity contribution in [2.24, 2.45) is 7.05 Å². The van der Waals surface area contributed by atoms with Gasteiger partial charge in [0.25, 0.3) is 5.91 Å². The van der Waals surface area contributed by atoms with E-state index in [4.69, 9.17) is 4.42 Å². The van der Waals surface area contributed by atoms with Gasteiger partial charge in [-0.3, -0.25) is 10.1 Å². The summed E-state index contributed by atoms with van der Waals surface area (Å²) in [5.74, 6) is 1.25. The number of carbonyl (C=O) groups excluding carboxylic acids is 1. The molecule has 3 aromatic heterocycles. The summed E-state index contributed by atoms with van der Waals surface area (Å²) in [5, 5.41) is 12.5. The average Bonchev–Trinajstić information content (AvgIpc) is 3.19. The Balaban J connectivity index is 1.60. The van der Waals surface area contributed by atoms with Crippen molar-refractivity contribution >= 4 is 34.1 Å². The molecule has 0 atom stereocenters. The Hall–Kier alpha value is -2.13. The van der Waals surface area contributed by atoms with Crippen LogP contribution in [-0.4, -0.2) is 25.7 Å². The molecular formula is C13H13N5O2S2. The number of nitrogens with zero attached hydrogens (tertiary/aromatic N) is 4. The maximum atomic E-state index is 12.0. The van der Waals surface area contributed by atoms with Crippen molar-refractivity contribution < 1.29 is 9.21 Å². The van der Waals surface area contributed by atoms with Crippen LogP contribution in [0.3, 0.4) is 0 Å². The Kier molecular flexibility index (Phi) is 4.25. The molecule has 1 N–H and O–H groups in total. The molecule has 3 aromatic rings. The molecular weight excluding hydrogens is 322 g/mol. The van der Waals surface area contributed by atoms with Gasteiger partial charge < -0.3 is 8.98 Å². The van der Waals surface area contributed by atoms with Crippen LogP contribution in [0.1, 0.15) is 21.3 Å². The van der Waals surface area contributed by atoms with Gasteiger partial charge in [0.05, 0.1) is 5.75 Å². The van der Waals surface area contributed by atoms with E-state index in [1.807, 2.05) is 24.7 Å². The van der Waals surface area contributed by atoms with Crippen molar-refractivity contribution in [3.63, 3.8) is 0 Å². The van der Waals surface area contributed by atoms with E-state index in [1.165, 1.54) is 11.3 Å². The van der Waals surface area contributed by atoms with Crippen LogP contribution in [0.4, 0.5) is 5.13 Å². The molecule has 22 heavy (non-hydrogen) atoms. The number of hydrogen-bond acceptors (Lipinski definition) is 7. The van der Waals surface area contributed by atoms with Crippen molar-refractivity contribution in [3.05, 3.63) is 41.1 Å². The lowest BCUT2D eigenvalue weighted by molar-refractivity contribution is 0.0995. The minimum atomic E-state index is -0.329. The van der Waals surface area contributed by atoms with E-state index in [2.05, 4.69) is 20.5 Å². The molecule has 114 valence electrons. The van der Waals surface area contributed by atoms with Gasteiger partial charge in [0, 0.05) is 19.4 Å². The van der Waals surface area contributed by atoms with Crippen LogP contribution in [0.5, 0.6) is 0 Å². The summed E-state index contributed by atoms with van der Waals surface area (Å²) in [4.78, 5) is 16.3. The quantitative estimate of drug-likeness (QED) is 0.722. The zero-order valence-corrected chi connectivity index (χ0v) is 13.6. The molecule has 0 aliphatic heterocycles. The summed E-state index contributed by atoms with van der Waals surface area (Å²) in [5.41, 5.74) is 0. The number of anilines is 1. The monoisotopic (exact) mass is 335 g/mol. The first-order chi connectivity index (χ1) is 10.6. The lowest BCUT2D eigenvalue weighted by atomic mass is 10.4. The molecule has 0 aliphatic rings.